The van der Waals surface area contributed by atoms with Crippen molar-refractivity contribution in [1.82, 2.24) is 0 Å². The van der Waals surface area contributed by atoms with Crippen LogP contribution in [-0.2, 0) is 4.74 Å². The highest BCUT2D eigenvalue weighted by molar-refractivity contribution is 5.85. The highest BCUT2D eigenvalue weighted by Crippen LogP contribution is 2.26. The Morgan fingerprint density at radius 3 is 2.73 bits per heavy atom. The summed E-state index contributed by atoms with van der Waals surface area (Å²) < 4.78 is 23.1. The number of hydrazine groups is 1. The fraction of sp³-hybridized carbons (Fsp3) is 0.333. The lowest BCUT2D eigenvalue weighted by Crippen LogP contribution is -2.12. The van der Waals surface area contributed by atoms with Gasteiger partial charge < -0.3 is 14.9 Å². The number of halogens is 2. The highest BCUT2D eigenvalue weighted by Gasteiger charge is 2.07. The molecule has 0 spiro atoms. The van der Waals surface area contributed by atoms with Crippen LogP contribution in [0.4, 0.5) is 10.1 Å². The molecule has 0 atom stereocenters. The minimum Gasteiger partial charge on any atom is -0.486 e. The Balaban J connectivity index is 0.00000196. The monoisotopic (exact) mass is 236 g/mol. The van der Waals surface area contributed by atoms with Gasteiger partial charge in [-0.15, -0.1) is 12.4 Å². The molecule has 6 heteroatoms. The molecular weight excluding hydrogens is 223 g/mol. The summed E-state index contributed by atoms with van der Waals surface area (Å²) >= 11 is 0. The van der Waals surface area contributed by atoms with Gasteiger partial charge in [-0.05, 0) is 12.1 Å². The zero-order valence-corrected chi connectivity index (χ0v) is 9.14. The van der Waals surface area contributed by atoms with Gasteiger partial charge in [0.05, 0.1) is 12.3 Å². The lowest BCUT2D eigenvalue weighted by molar-refractivity contribution is 0.144. The second kappa shape index (κ2) is 7.28. The van der Waals surface area contributed by atoms with E-state index in [4.69, 9.17) is 15.3 Å². The van der Waals surface area contributed by atoms with Gasteiger partial charge in [-0.2, -0.15) is 0 Å². The van der Waals surface area contributed by atoms with Crippen LogP contribution in [0.1, 0.15) is 0 Å². The number of nitrogens with two attached hydrogens (primary N) is 1. The third-order valence-corrected chi connectivity index (χ3v) is 1.66. The zero-order chi connectivity index (χ0) is 10.4. The normalized spacial score (nSPS) is 9.27. The molecule has 3 N–H and O–H groups in total. The average molecular weight is 237 g/mol. The summed E-state index contributed by atoms with van der Waals surface area (Å²) in [6, 6.07) is 4.49. The number of hydrogen-bond acceptors (Lipinski definition) is 4. The van der Waals surface area contributed by atoms with Crippen LogP contribution in [-0.4, -0.2) is 20.3 Å². The van der Waals surface area contributed by atoms with Gasteiger partial charge in [0.25, 0.3) is 0 Å². The van der Waals surface area contributed by atoms with Gasteiger partial charge in [-0.1, -0.05) is 6.07 Å². The molecule has 0 aliphatic rings. The molecule has 1 aromatic rings. The fourth-order valence-electron chi connectivity index (χ4n) is 0.996. The first kappa shape index (κ1) is 14.0. The molecule has 0 amide bonds. The van der Waals surface area contributed by atoms with Crippen LogP contribution >= 0.6 is 12.4 Å². The second-order valence-electron chi connectivity index (χ2n) is 2.60. The van der Waals surface area contributed by atoms with Crippen molar-refractivity contribution in [3.05, 3.63) is 24.0 Å². The number of anilines is 1. The van der Waals surface area contributed by atoms with E-state index in [-0.39, 0.29) is 24.8 Å². The van der Waals surface area contributed by atoms with Crippen LogP contribution < -0.4 is 16.0 Å². The Morgan fingerprint density at radius 1 is 1.40 bits per heavy atom. The van der Waals surface area contributed by atoms with Crippen molar-refractivity contribution in [3.63, 3.8) is 0 Å². The van der Waals surface area contributed by atoms with Gasteiger partial charge in [0.1, 0.15) is 6.61 Å². The summed E-state index contributed by atoms with van der Waals surface area (Å²) in [4.78, 5) is 0. The third-order valence-electron chi connectivity index (χ3n) is 1.66. The summed E-state index contributed by atoms with van der Waals surface area (Å²) in [6.45, 7) is 0.685. The molecule has 0 fully saturated rings. The largest absolute Gasteiger partial charge is 0.486 e. The number of methoxy groups -OCH3 is 1. The number of para-hydroxylation sites is 1. The van der Waals surface area contributed by atoms with Crippen LogP contribution in [0.25, 0.3) is 0 Å². The van der Waals surface area contributed by atoms with Gasteiger partial charge in [-0.25, -0.2) is 4.39 Å². The van der Waals surface area contributed by atoms with Crippen molar-refractivity contribution in [2.45, 2.75) is 0 Å². The van der Waals surface area contributed by atoms with Crippen molar-refractivity contribution >= 4 is 18.1 Å². The maximum absolute atomic E-state index is 13.2. The fourth-order valence-corrected chi connectivity index (χ4v) is 0.996. The minimum atomic E-state index is -0.448. The highest BCUT2D eigenvalue weighted by atomic mass is 35.5. The van der Waals surface area contributed by atoms with E-state index >= 15 is 0 Å². The number of nitrogen functional groups attached to an aromatic ring is 1. The molecule has 0 aliphatic carbocycles. The molecule has 0 aromatic heterocycles. The van der Waals surface area contributed by atoms with Gasteiger partial charge in [-0.3, -0.25) is 5.84 Å². The molecule has 0 saturated heterocycles. The number of hydrogen-bond donors (Lipinski definition) is 2. The molecule has 0 unspecified atom stereocenters. The van der Waals surface area contributed by atoms with Gasteiger partial charge in [0.2, 0.25) is 0 Å². The van der Waals surface area contributed by atoms with Crippen molar-refractivity contribution < 1.29 is 13.9 Å². The summed E-state index contributed by atoms with van der Waals surface area (Å²) in [5, 5.41) is 0. The lowest BCUT2D eigenvalue weighted by Gasteiger charge is -2.10. The first-order chi connectivity index (χ1) is 6.79. The predicted molar refractivity (Wildman–Crippen MR) is 58.8 cm³/mol. The molecule has 0 aliphatic heterocycles. The van der Waals surface area contributed by atoms with Crippen molar-refractivity contribution in [3.8, 4) is 5.75 Å². The van der Waals surface area contributed by atoms with Crippen LogP contribution in [0.5, 0.6) is 5.75 Å². The molecule has 0 heterocycles. The van der Waals surface area contributed by atoms with Crippen LogP contribution in [0.2, 0.25) is 0 Å². The number of nitrogens with one attached hydrogen (secondary N) is 1. The third kappa shape index (κ3) is 3.91. The maximum Gasteiger partial charge on any atom is 0.179 e. The Hall–Kier alpha value is -1.04. The molecule has 0 radical (unpaired) electrons. The van der Waals surface area contributed by atoms with Crippen molar-refractivity contribution in [2.75, 3.05) is 25.7 Å². The number of ether oxygens (including phenoxy) is 2. The molecule has 15 heavy (non-hydrogen) atoms. The van der Waals surface area contributed by atoms with Crippen molar-refractivity contribution in [2.24, 2.45) is 5.84 Å². The van der Waals surface area contributed by atoms with E-state index in [2.05, 4.69) is 5.43 Å². The van der Waals surface area contributed by atoms with Crippen LogP contribution in [0.15, 0.2) is 18.2 Å². The molecule has 4 nitrogen and oxygen atoms in total. The minimum absolute atomic E-state index is 0. The van der Waals surface area contributed by atoms with E-state index in [0.29, 0.717) is 12.3 Å². The second-order valence-corrected chi connectivity index (χ2v) is 2.60. The first-order valence-corrected chi connectivity index (χ1v) is 4.16. The molecule has 0 saturated carbocycles. The zero-order valence-electron chi connectivity index (χ0n) is 8.33. The van der Waals surface area contributed by atoms with Crippen LogP contribution in [0.3, 0.4) is 0 Å². The van der Waals surface area contributed by atoms with E-state index in [1.807, 2.05) is 0 Å². The molecular formula is C9H14ClFN2O2. The summed E-state index contributed by atoms with van der Waals surface area (Å²) in [6.07, 6.45) is 0. The summed E-state index contributed by atoms with van der Waals surface area (Å²) in [7, 11) is 1.55. The smallest absolute Gasteiger partial charge is 0.179 e. The van der Waals surface area contributed by atoms with E-state index < -0.39 is 5.82 Å². The predicted octanol–water partition coefficient (Wildman–Crippen LogP) is 1.56. The van der Waals surface area contributed by atoms with E-state index in [1.54, 1.807) is 19.2 Å². The van der Waals surface area contributed by atoms with Crippen LogP contribution in [0, 0.1) is 5.82 Å². The van der Waals surface area contributed by atoms with E-state index in [1.165, 1.54) is 6.07 Å². The Morgan fingerprint density at radius 2 is 2.13 bits per heavy atom. The number of rotatable bonds is 5. The van der Waals surface area contributed by atoms with Gasteiger partial charge in [0.15, 0.2) is 11.6 Å². The number of benzene rings is 1. The quantitative estimate of drug-likeness (QED) is 0.463. The molecule has 1 aromatic carbocycles. The Kier molecular flexibility index (Phi) is 6.77. The SMILES string of the molecule is COCCOc1c(F)cccc1NN.Cl. The first-order valence-electron chi connectivity index (χ1n) is 4.16. The molecule has 86 valence electrons. The molecule has 1 rings (SSSR count). The van der Waals surface area contributed by atoms with E-state index in [0.717, 1.165) is 0 Å². The lowest BCUT2D eigenvalue weighted by atomic mass is 10.3. The van der Waals surface area contributed by atoms with Crippen molar-refractivity contribution in [1.29, 1.82) is 0 Å². The van der Waals surface area contributed by atoms with Gasteiger partial charge in [0, 0.05) is 7.11 Å². The summed E-state index contributed by atoms with van der Waals surface area (Å²) in [5.41, 5.74) is 2.78. The van der Waals surface area contributed by atoms with E-state index in [9.17, 15) is 4.39 Å². The standard InChI is InChI=1S/C9H13FN2O2.ClH/c1-13-5-6-14-9-7(10)3-2-4-8(9)12-11;/h2-4,12H,5-6,11H2,1H3;1H. The topological polar surface area (TPSA) is 56.5 Å². The average Bonchev–Trinajstić information content (AvgIpc) is 2.20. The Bertz CT molecular complexity index is 299. The summed E-state index contributed by atoms with van der Waals surface area (Å²) in [5.74, 6) is 4.87. The van der Waals surface area contributed by atoms with Gasteiger partial charge >= 0.3 is 0 Å². The maximum atomic E-state index is 13.2. The Labute approximate surface area is 93.9 Å². The molecule has 0 bridgehead atoms.